The number of hydrogen-bond acceptors (Lipinski definition) is 4. The molecule has 1 aromatic heterocycles. The van der Waals surface area contributed by atoms with Crippen LogP contribution in [0.5, 0.6) is 0 Å². The fourth-order valence-corrected chi connectivity index (χ4v) is 1.47. The van der Waals surface area contributed by atoms with Crippen LogP contribution in [-0.2, 0) is 4.74 Å². The van der Waals surface area contributed by atoms with Crippen molar-refractivity contribution in [3.63, 3.8) is 0 Å². The molecular formula is C11H10N2O2. The van der Waals surface area contributed by atoms with Crippen LogP contribution in [0, 0.1) is 0 Å². The molecule has 0 radical (unpaired) electrons. The molecule has 4 heteroatoms. The van der Waals surface area contributed by atoms with Crippen molar-refractivity contribution in [2.45, 2.75) is 0 Å². The van der Waals surface area contributed by atoms with E-state index in [-0.39, 0.29) is 0 Å². The van der Waals surface area contributed by atoms with E-state index in [2.05, 4.69) is 9.72 Å². The third kappa shape index (κ3) is 1.50. The van der Waals surface area contributed by atoms with E-state index in [0.29, 0.717) is 11.3 Å². The SMILES string of the molecule is COC(=O)c1ccc2ccncc2c1N. The minimum absolute atomic E-state index is 0.373. The van der Waals surface area contributed by atoms with Gasteiger partial charge in [-0.25, -0.2) is 4.79 Å². The Morgan fingerprint density at radius 1 is 1.40 bits per heavy atom. The number of benzene rings is 1. The first-order valence-electron chi connectivity index (χ1n) is 4.44. The quantitative estimate of drug-likeness (QED) is 0.563. The lowest BCUT2D eigenvalue weighted by Crippen LogP contribution is -2.05. The maximum absolute atomic E-state index is 11.4. The molecule has 0 aliphatic carbocycles. The van der Waals surface area contributed by atoms with Gasteiger partial charge in [-0.05, 0) is 17.5 Å². The van der Waals surface area contributed by atoms with Gasteiger partial charge in [-0.15, -0.1) is 0 Å². The number of aromatic nitrogens is 1. The van der Waals surface area contributed by atoms with Crippen LogP contribution < -0.4 is 5.73 Å². The second-order valence-corrected chi connectivity index (χ2v) is 3.12. The molecule has 0 bridgehead atoms. The third-order valence-corrected chi connectivity index (χ3v) is 2.27. The molecule has 1 aromatic carbocycles. The monoisotopic (exact) mass is 202 g/mol. The van der Waals surface area contributed by atoms with Crippen LogP contribution in [0.25, 0.3) is 10.8 Å². The van der Waals surface area contributed by atoms with Crippen molar-refractivity contribution in [2.75, 3.05) is 12.8 Å². The highest BCUT2D eigenvalue weighted by Crippen LogP contribution is 2.24. The van der Waals surface area contributed by atoms with Gasteiger partial charge in [0.15, 0.2) is 0 Å². The Hall–Kier alpha value is -2.10. The highest BCUT2D eigenvalue weighted by Gasteiger charge is 2.11. The van der Waals surface area contributed by atoms with E-state index in [1.807, 2.05) is 12.1 Å². The van der Waals surface area contributed by atoms with Crippen molar-refractivity contribution in [1.82, 2.24) is 4.98 Å². The van der Waals surface area contributed by atoms with Crippen LogP contribution in [0.15, 0.2) is 30.6 Å². The predicted molar refractivity (Wildman–Crippen MR) is 57.5 cm³/mol. The van der Waals surface area contributed by atoms with Crippen LogP contribution in [0.3, 0.4) is 0 Å². The number of anilines is 1. The Kier molecular flexibility index (Phi) is 2.25. The summed E-state index contributed by atoms with van der Waals surface area (Å²) in [4.78, 5) is 15.3. The van der Waals surface area contributed by atoms with Gasteiger partial charge in [-0.1, -0.05) is 6.07 Å². The van der Waals surface area contributed by atoms with E-state index in [4.69, 9.17) is 5.73 Å². The Bertz CT molecular complexity index is 523. The first kappa shape index (κ1) is 9.45. The maximum atomic E-state index is 11.4. The van der Waals surface area contributed by atoms with Crippen molar-refractivity contribution in [2.24, 2.45) is 0 Å². The van der Waals surface area contributed by atoms with Crippen molar-refractivity contribution < 1.29 is 9.53 Å². The Morgan fingerprint density at radius 3 is 2.93 bits per heavy atom. The number of ether oxygens (including phenoxy) is 1. The second kappa shape index (κ2) is 3.57. The summed E-state index contributed by atoms with van der Waals surface area (Å²) in [6.45, 7) is 0. The van der Waals surface area contributed by atoms with Crippen LogP contribution in [0.4, 0.5) is 5.69 Å². The number of nitrogens with two attached hydrogens (primary N) is 1. The summed E-state index contributed by atoms with van der Waals surface area (Å²) in [6.07, 6.45) is 3.32. The Labute approximate surface area is 86.7 Å². The van der Waals surface area contributed by atoms with Gasteiger partial charge in [0.05, 0.1) is 18.4 Å². The van der Waals surface area contributed by atoms with Crippen LogP contribution in [0.1, 0.15) is 10.4 Å². The molecule has 15 heavy (non-hydrogen) atoms. The van der Waals surface area contributed by atoms with Crippen molar-refractivity contribution in [3.05, 3.63) is 36.2 Å². The number of esters is 1. The molecule has 0 saturated carbocycles. The minimum Gasteiger partial charge on any atom is -0.465 e. The van der Waals surface area contributed by atoms with Gasteiger partial charge in [-0.2, -0.15) is 0 Å². The number of hydrogen-bond donors (Lipinski definition) is 1. The normalized spacial score (nSPS) is 10.2. The molecule has 0 aliphatic rings. The zero-order chi connectivity index (χ0) is 10.8. The lowest BCUT2D eigenvalue weighted by Gasteiger charge is -2.06. The smallest absolute Gasteiger partial charge is 0.339 e. The highest BCUT2D eigenvalue weighted by atomic mass is 16.5. The lowest BCUT2D eigenvalue weighted by atomic mass is 10.1. The van der Waals surface area contributed by atoms with Crippen molar-refractivity contribution in [1.29, 1.82) is 0 Å². The van der Waals surface area contributed by atoms with Crippen LogP contribution in [-0.4, -0.2) is 18.1 Å². The van der Waals surface area contributed by atoms with Crippen LogP contribution in [0.2, 0.25) is 0 Å². The van der Waals surface area contributed by atoms with Gasteiger partial charge in [0, 0.05) is 17.8 Å². The molecule has 2 N–H and O–H groups in total. The number of pyridine rings is 1. The van der Waals surface area contributed by atoms with E-state index in [9.17, 15) is 4.79 Å². The summed E-state index contributed by atoms with van der Waals surface area (Å²) >= 11 is 0. The molecule has 4 nitrogen and oxygen atoms in total. The Balaban J connectivity index is 2.70. The molecule has 0 spiro atoms. The molecule has 1 heterocycles. The van der Waals surface area contributed by atoms with Crippen molar-refractivity contribution >= 4 is 22.4 Å². The number of rotatable bonds is 1. The number of methoxy groups -OCH3 is 1. The van der Waals surface area contributed by atoms with Gasteiger partial charge >= 0.3 is 5.97 Å². The highest BCUT2D eigenvalue weighted by molar-refractivity contribution is 6.05. The van der Waals surface area contributed by atoms with E-state index < -0.39 is 5.97 Å². The number of carbonyl (C=O) groups excluding carboxylic acids is 1. The van der Waals surface area contributed by atoms with Gasteiger partial charge in [0.2, 0.25) is 0 Å². The largest absolute Gasteiger partial charge is 0.465 e. The summed E-state index contributed by atoms with van der Waals surface area (Å²) in [5.74, 6) is -0.432. The predicted octanol–water partition coefficient (Wildman–Crippen LogP) is 1.60. The number of carbonyl (C=O) groups is 1. The summed E-state index contributed by atoms with van der Waals surface area (Å²) in [5, 5.41) is 1.72. The first-order chi connectivity index (χ1) is 7.24. The molecule has 0 fully saturated rings. The molecule has 0 amide bonds. The van der Waals surface area contributed by atoms with E-state index in [1.165, 1.54) is 7.11 Å². The third-order valence-electron chi connectivity index (χ3n) is 2.27. The van der Waals surface area contributed by atoms with Gasteiger partial charge in [0.25, 0.3) is 0 Å². The molecule has 76 valence electrons. The second-order valence-electron chi connectivity index (χ2n) is 3.12. The van der Waals surface area contributed by atoms with E-state index in [1.54, 1.807) is 18.5 Å². The fourth-order valence-electron chi connectivity index (χ4n) is 1.47. The molecule has 0 unspecified atom stereocenters. The van der Waals surface area contributed by atoms with Gasteiger partial charge in [0.1, 0.15) is 0 Å². The van der Waals surface area contributed by atoms with Gasteiger partial charge < -0.3 is 10.5 Å². The first-order valence-corrected chi connectivity index (χ1v) is 4.44. The average Bonchev–Trinajstić information content (AvgIpc) is 2.29. The standard InChI is InChI=1S/C11H10N2O2/c1-15-11(14)8-3-2-7-4-5-13-6-9(7)10(8)12/h2-6H,12H2,1H3. The fraction of sp³-hybridized carbons (Fsp3) is 0.0909. The summed E-state index contributed by atoms with van der Waals surface area (Å²) < 4.78 is 4.63. The van der Waals surface area contributed by atoms with E-state index in [0.717, 1.165) is 10.8 Å². The minimum atomic E-state index is -0.432. The molecule has 0 saturated heterocycles. The zero-order valence-electron chi connectivity index (χ0n) is 8.23. The molecule has 0 aliphatic heterocycles. The summed E-state index contributed by atoms with van der Waals surface area (Å²) in [6, 6.07) is 5.32. The molecule has 0 atom stereocenters. The van der Waals surface area contributed by atoms with Crippen molar-refractivity contribution in [3.8, 4) is 0 Å². The van der Waals surface area contributed by atoms with Gasteiger partial charge in [-0.3, -0.25) is 4.98 Å². The average molecular weight is 202 g/mol. The topological polar surface area (TPSA) is 65.2 Å². The summed E-state index contributed by atoms with van der Waals surface area (Å²) in [5.41, 5.74) is 6.64. The Morgan fingerprint density at radius 2 is 2.20 bits per heavy atom. The molecule has 2 rings (SSSR count). The summed E-state index contributed by atoms with van der Waals surface area (Å²) in [7, 11) is 1.33. The number of fused-ring (bicyclic) bond motifs is 1. The van der Waals surface area contributed by atoms with Crippen LogP contribution >= 0.6 is 0 Å². The zero-order valence-corrected chi connectivity index (χ0v) is 8.23. The maximum Gasteiger partial charge on any atom is 0.339 e. The van der Waals surface area contributed by atoms with E-state index >= 15 is 0 Å². The lowest BCUT2D eigenvalue weighted by molar-refractivity contribution is 0.0602. The molecular weight excluding hydrogens is 192 g/mol. The molecule has 2 aromatic rings. The number of nitrogens with zero attached hydrogens (tertiary/aromatic N) is 1. The number of nitrogen functional groups attached to an aromatic ring is 1.